The summed E-state index contributed by atoms with van der Waals surface area (Å²) in [7, 11) is 1.33. The van der Waals surface area contributed by atoms with Crippen molar-refractivity contribution in [2.75, 3.05) is 7.11 Å². The van der Waals surface area contributed by atoms with E-state index in [1.54, 1.807) is 30.3 Å². The maximum Gasteiger partial charge on any atom is 0.337 e. The Kier molecular flexibility index (Phi) is 4.12. The number of hydrogen-bond donors (Lipinski definition) is 0. The Morgan fingerprint density at radius 1 is 1.10 bits per heavy atom. The number of ether oxygens (including phenoxy) is 1. The fraction of sp³-hybridized carbons (Fsp3) is 0.278. The molecule has 0 aliphatic carbocycles. The lowest BCUT2D eigenvalue weighted by atomic mass is 9.85. The fourth-order valence-electron chi connectivity index (χ4n) is 2.14. The minimum Gasteiger partial charge on any atom is -0.465 e. The van der Waals surface area contributed by atoms with E-state index in [2.05, 4.69) is 20.8 Å². The molecule has 0 aliphatic rings. The SMILES string of the molecule is COC(=O)c1cccc(-c2cc(C(C)(C)C)ccc2F)c1. The van der Waals surface area contributed by atoms with E-state index in [0.29, 0.717) is 16.7 Å². The Morgan fingerprint density at radius 3 is 2.43 bits per heavy atom. The Balaban J connectivity index is 2.54. The summed E-state index contributed by atoms with van der Waals surface area (Å²) in [4.78, 5) is 11.6. The summed E-state index contributed by atoms with van der Waals surface area (Å²) in [5.41, 5.74) is 2.55. The third-order valence-electron chi connectivity index (χ3n) is 3.43. The molecule has 0 aliphatic heterocycles. The van der Waals surface area contributed by atoms with Crippen LogP contribution in [0, 0.1) is 5.82 Å². The van der Waals surface area contributed by atoms with Crippen LogP contribution in [0.5, 0.6) is 0 Å². The van der Waals surface area contributed by atoms with Gasteiger partial charge in [0.05, 0.1) is 12.7 Å². The van der Waals surface area contributed by atoms with Crippen LogP contribution in [0.3, 0.4) is 0 Å². The number of halogens is 1. The molecule has 2 rings (SSSR count). The molecule has 0 saturated heterocycles. The summed E-state index contributed by atoms with van der Waals surface area (Å²) < 4.78 is 18.8. The van der Waals surface area contributed by atoms with Gasteiger partial charge in [-0.1, -0.05) is 39.0 Å². The van der Waals surface area contributed by atoms with E-state index in [1.165, 1.54) is 13.2 Å². The van der Waals surface area contributed by atoms with Crippen LogP contribution in [0.2, 0.25) is 0 Å². The second kappa shape index (κ2) is 5.68. The largest absolute Gasteiger partial charge is 0.465 e. The zero-order chi connectivity index (χ0) is 15.6. The van der Waals surface area contributed by atoms with Crippen molar-refractivity contribution in [3.05, 3.63) is 59.4 Å². The molecule has 110 valence electrons. The van der Waals surface area contributed by atoms with Crippen molar-refractivity contribution in [2.24, 2.45) is 0 Å². The molecule has 0 heterocycles. The molecule has 0 N–H and O–H groups in total. The molecular weight excluding hydrogens is 267 g/mol. The first-order valence-electron chi connectivity index (χ1n) is 6.81. The van der Waals surface area contributed by atoms with Crippen LogP contribution in [-0.2, 0) is 10.2 Å². The van der Waals surface area contributed by atoms with Gasteiger partial charge in [-0.25, -0.2) is 9.18 Å². The number of carbonyl (C=O) groups is 1. The van der Waals surface area contributed by atoms with E-state index in [1.807, 2.05) is 6.07 Å². The van der Waals surface area contributed by atoms with Crippen LogP contribution in [0.4, 0.5) is 4.39 Å². The molecule has 2 aromatic rings. The third-order valence-corrected chi connectivity index (χ3v) is 3.43. The van der Waals surface area contributed by atoms with Crippen molar-refractivity contribution in [1.29, 1.82) is 0 Å². The van der Waals surface area contributed by atoms with Crippen LogP contribution >= 0.6 is 0 Å². The number of hydrogen-bond acceptors (Lipinski definition) is 2. The zero-order valence-electron chi connectivity index (χ0n) is 12.7. The van der Waals surface area contributed by atoms with Gasteiger partial charge in [-0.05, 0) is 40.8 Å². The molecule has 21 heavy (non-hydrogen) atoms. The minimum atomic E-state index is -0.427. The van der Waals surface area contributed by atoms with Crippen molar-refractivity contribution in [3.63, 3.8) is 0 Å². The molecule has 0 fully saturated rings. The Morgan fingerprint density at radius 2 is 1.81 bits per heavy atom. The van der Waals surface area contributed by atoms with Gasteiger partial charge in [0.25, 0.3) is 0 Å². The molecule has 0 atom stereocenters. The molecule has 2 nitrogen and oxygen atoms in total. The molecule has 0 bridgehead atoms. The van der Waals surface area contributed by atoms with Crippen LogP contribution in [0.15, 0.2) is 42.5 Å². The molecule has 2 aromatic carbocycles. The van der Waals surface area contributed by atoms with Crippen molar-refractivity contribution >= 4 is 5.97 Å². The predicted molar refractivity (Wildman–Crippen MR) is 81.9 cm³/mol. The Hall–Kier alpha value is -2.16. The van der Waals surface area contributed by atoms with Crippen molar-refractivity contribution < 1.29 is 13.9 Å². The lowest BCUT2D eigenvalue weighted by molar-refractivity contribution is 0.0601. The first-order valence-corrected chi connectivity index (χ1v) is 6.81. The monoisotopic (exact) mass is 286 g/mol. The summed E-state index contributed by atoms with van der Waals surface area (Å²) in [6.45, 7) is 6.23. The lowest BCUT2D eigenvalue weighted by Gasteiger charge is -2.20. The second-order valence-corrected chi connectivity index (χ2v) is 6.02. The summed E-state index contributed by atoms with van der Waals surface area (Å²) in [6.07, 6.45) is 0. The normalized spacial score (nSPS) is 11.3. The Bertz CT molecular complexity index is 669. The number of esters is 1. The number of methoxy groups -OCH3 is 1. The van der Waals surface area contributed by atoms with E-state index in [9.17, 15) is 9.18 Å². The summed E-state index contributed by atoms with van der Waals surface area (Å²) >= 11 is 0. The average Bonchev–Trinajstić information content (AvgIpc) is 2.45. The van der Waals surface area contributed by atoms with Crippen molar-refractivity contribution in [3.8, 4) is 11.1 Å². The molecular formula is C18H19FO2. The highest BCUT2D eigenvalue weighted by Gasteiger charge is 2.17. The maximum absolute atomic E-state index is 14.1. The van der Waals surface area contributed by atoms with Gasteiger partial charge in [-0.15, -0.1) is 0 Å². The lowest BCUT2D eigenvalue weighted by Crippen LogP contribution is -2.11. The van der Waals surface area contributed by atoms with Gasteiger partial charge in [0, 0.05) is 5.56 Å². The first-order chi connectivity index (χ1) is 9.82. The fourth-order valence-corrected chi connectivity index (χ4v) is 2.14. The smallest absolute Gasteiger partial charge is 0.337 e. The van der Waals surface area contributed by atoms with Gasteiger partial charge in [0.1, 0.15) is 5.82 Å². The quantitative estimate of drug-likeness (QED) is 0.755. The number of carbonyl (C=O) groups excluding carboxylic acids is 1. The van der Waals surface area contributed by atoms with Crippen LogP contribution in [0.1, 0.15) is 36.7 Å². The van der Waals surface area contributed by atoms with E-state index in [-0.39, 0.29) is 11.2 Å². The van der Waals surface area contributed by atoms with Gasteiger partial charge in [0.15, 0.2) is 0 Å². The first kappa shape index (κ1) is 15.2. The predicted octanol–water partition coefficient (Wildman–Crippen LogP) is 4.58. The molecule has 0 unspecified atom stereocenters. The number of rotatable bonds is 2. The third kappa shape index (κ3) is 3.30. The van der Waals surface area contributed by atoms with Crippen LogP contribution in [0.25, 0.3) is 11.1 Å². The van der Waals surface area contributed by atoms with E-state index < -0.39 is 5.97 Å². The van der Waals surface area contributed by atoms with Gasteiger partial charge in [0.2, 0.25) is 0 Å². The van der Waals surface area contributed by atoms with Crippen LogP contribution in [-0.4, -0.2) is 13.1 Å². The van der Waals surface area contributed by atoms with E-state index in [0.717, 1.165) is 5.56 Å². The van der Waals surface area contributed by atoms with Gasteiger partial charge < -0.3 is 4.74 Å². The van der Waals surface area contributed by atoms with E-state index in [4.69, 9.17) is 4.74 Å². The van der Waals surface area contributed by atoms with Gasteiger partial charge in [-0.2, -0.15) is 0 Å². The maximum atomic E-state index is 14.1. The highest BCUT2D eigenvalue weighted by atomic mass is 19.1. The molecule has 0 amide bonds. The summed E-state index contributed by atoms with van der Waals surface area (Å²) in [5.74, 6) is -0.728. The second-order valence-electron chi connectivity index (χ2n) is 6.02. The van der Waals surface area contributed by atoms with Crippen molar-refractivity contribution in [2.45, 2.75) is 26.2 Å². The van der Waals surface area contributed by atoms with Gasteiger partial charge in [-0.3, -0.25) is 0 Å². The molecule has 0 aromatic heterocycles. The average molecular weight is 286 g/mol. The topological polar surface area (TPSA) is 26.3 Å². The molecule has 0 saturated carbocycles. The summed E-state index contributed by atoms with van der Waals surface area (Å²) in [6, 6.07) is 11.9. The number of benzene rings is 2. The van der Waals surface area contributed by atoms with Crippen molar-refractivity contribution in [1.82, 2.24) is 0 Å². The highest BCUT2D eigenvalue weighted by molar-refractivity contribution is 5.91. The van der Waals surface area contributed by atoms with Gasteiger partial charge >= 0.3 is 5.97 Å². The molecule has 0 radical (unpaired) electrons. The summed E-state index contributed by atoms with van der Waals surface area (Å²) in [5, 5.41) is 0. The molecule has 3 heteroatoms. The molecule has 0 spiro atoms. The van der Waals surface area contributed by atoms with E-state index >= 15 is 0 Å². The van der Waals surface area contributed by atoms with Crippen LogP contribution < -0.4 is 0 Å². The standard InChI is InChI=1S/C18H19FO2/c1-18(2,3)14-8-9-16(19)15(11-14)12-6-5-7-13(10-12)17(20)21-4/h5-11H,1-4H3. The zero-order valence-corrected chi connectivity index (χ0v) is 12.7. The highest BCUT2D eigenvalue weighted by Crippen LogP contribution is 2.30. The minimum absolute atomic E-state index is 0.0671. The Labute approximate surface area is 124 Å².